The van der Waals surface area contributed by atoms with E-state index in [-0.39, 0.29) is 11.9 Å². The first kappa shape index (κ1) is 15.8. The Morgan fingerprint density at radius 1 is 1.35 bits per heavy atom. The van der Waals surface area contributed by atoms with Gasteiger partial charge in [0.15, 0.2) is 0 Å². The summed E-state index contributed by atoms with van der Waals surface area (Å²) in [6.45, 7) is 6.53. The fraction of sp³-hybridized carbons (Fsp3) is 0.533. The maximum absolute atomic E-state index is 13.8. The molecule has 0 bridgehead atoms. The molecule has 0 radical (unpaired) electrons. The second kappa shape index (κ2) is 6.44. The molecule has 2 aromatic rings. The molecular formula is C15H19BrClFN2. The smallest absolute Gasteiger partial charge is 0.139 e. The van der Waals surface area contributed by atoms with Gasteiger partial charge in [0, 0.05) is 24.4 Å². The highest BCUT2D eigenvalue weighted by atomic mass is 79.9. The molecule has 110 valence electrons. The summed E-state index contributed by atoms with van der Waals surface area (Å²) in [5.74, 6) is 1.77. The standard InChI is InChI=1S/C15H19BrClFN2/c1-9(2)6-10(3)20-14-8-12(18)11(16)7-13(14)19-15(20)4-5-17/h7-10H,4-6H2,1-3H3. The summed E-state index contributed by atoms with van der Waals surface area (Å²) in [4.78, 5) is 4.61. The lowest BCUT2D eigenvalue weighted by atomic mass is 10.0. The highest BCUT2D eigenvalue weighted by Crippen LogP contribution is 2.29. The van der Waals surface area contributed by atoms with Gasteiger partial charge in [0.05, 0.1) is 15.5 Å². The van der Waals surface area contributed by atoms with Crippen LogP contribution in [-0.2, 0) is 6.42 Å². The molecule has 0 aliphatic rings. The van der Waals surface area contributed by atoms with E-state index < -0.39 is 0 Å². The van der Waals surface area contributed by atoms with Crippen LogP contribution >= 0.6 is 27.5 Å². The fourth-order valence-electron chi connectivity index (χ4n) is 2.68. The lowest BCUT2D eigenvalue weighted by molar-refractivity contribution is 0.426. The van der Waals surface area contributed by atoms with Crippen LogP contribution < -0.4 is 0 Å². The van der Waals surface area contributed by atoms with Crippen LogP contribution in [0.4, 0.5) is 4.39 Å². The second-order valence-corrected chi connectivity index (χ2v) is 6.80. The fourth-order valence-corrected chi connectivity index (χ4v) is 3.18. The van der Waals surface area contributed by atoms with Gasteiger partial charge in [0.2, 0.25) is 0 Å². The zero-order valence-electron chi connectivity index (χ0n) is 12.0. The first-order valence-electron chi connectivity index (χ1n) is 6.85. The first-order valence-corrected chi connectivity index (χ1v) is 8.18. The van der Waals surface area contributed by atoms with Crippen molar-refractivity contribution in [2.24, 2.45) is 5.92 Å². The van der Waals surface area contributed by atoms with E-state index in [0.717, 1.165) is 23.3 Å². The molecule has 2 nitrogen and oxygen atoms in total. The number of halogens is 3. The molecule has 0 amide bonds. The lowest BCUT2D eigenvalue weighted by Gasteiger charge is -2.19. The number of aromatic nitrogens is 2. The number of hydrogen-bond donors (Lipinski definition) is 0. The predicted octanol–water partition coefficient (Wildman–Crippen LogP) is 5.33. The number of fused-ring (bicyclic) bond motifs is 1. The third kappa shape index (κ3) is 3.17. The van der Waals surface area contributed by atoms with Crippen LogP contribution in [0.25, 0.3) is 11.0 Å². The van der Waals surface area contributed by atoms with Crippen molar-refractivity contribution in [2.45, 2.75) is 39.7 Å². The van der Waals surface area contributed by atoms with E-state index in [1.54, 1.807) is 12.1 Å². The number of alkyl halides is 1. The van der Waals surface area contributed by atoms with Crippen LogP contribution in [0.1, 0.15) is 39.1 Å². The molecule has 1 heterocycles. The molecule has 1 aromatic heterocycles. The van der Waals surface area contributed by atoms with Gasteiger partial charge >= 0.3 is 0 Å². The zero-order chi connectivity index (χ0) is 14.9. The van der Waals surface area contributed by atoms with Gasteiger partial charge in [0.25, 0.3) is 0 Å². The minimum atomic E-state index is -0.257. The van der Waals surface area contributed by atoms with Crippen molar-refractivity contribution in [1.82, 2.24) is 9.55 Å². The summed E-state index contributed by atoms with van der Waals surface area (Å²) >= 11 is 9.09. The van der Waals surface area contributed by atoms with Gasteiger partial charge < -0.3 is 4.57 Å². The molecular weight excluding hydrogens is 343 g/mol. The molecule has 2 rings (SSSR count). The molecule has 1 aromatic carbocycles. The van der Waals surface area contributed by atoms with E-state index in [9.17, 15) is 4.39 Å². The topological polar surface area (TPSA) is 17.8 Å². The number of hydrogen-bond acceptors (Lipinski definition) is 1. The third-order valence-corrected chi connectivity index (χ3v) is 4.17. The average molecular weight is 362 g/mol. The molecule has 1 unspecified atom stereocenters. The van der Waals surface area contributed by atoms with E-state index in [1.165, 1.54) is 0 Å². The molecule has 20 heavy (non-hydrogen) atoms. The van der Waals surface area contributed by atoms with Crippen LogP contribution in [0.3, 0.4) is 0 Å². The molecule has 0 spiro atoms. The summed E-state index contributed by atoms with van der Waals surface area (Å²) in [7, 11) is 0. The Morgan fingerprint density at radius 3 is 2.65 bits per heavy atom. The monoisotopic (exact) mass is 360 g/mol. The van der Waals surface area contributed by atoms with E-state index in [2.05, 4.69) is 46.3 Å². The number of imidazole rings is 1. The molecule has 0 N–H and O–H groups in total. The molecule has 0 aliphatic heterocycles. The van der Waals surface area contributed by atoms with Crippen molar-refractivity contribution in [3.05, 3.63) is 28.2 Å². The molecule has 0 saturated carbocycles. The zero-order valence-corrected chi connectivity index (χ0v) is 14.3. The quantitative estimate of drug-likeness (QED) is 0.658. The maximum Gasteiger partial charge on any atom is 0.139 e. The number of benzene rings is 1. The van der Waals surface area contributed by atoms with E-state index in [4.69, 9.17) is 11.6 Å². The molecule has 5 heteroatoms. The van der Waals surface area contributed by atoms with Gasteiger partial charge in [-0.15, -0.1) is 11.6 Å². The minimum absolute atomic E-state index is 0.257. The largest absolute Gasteiger partial charge is 0.325 e. The van der Waals surface area contributed by atoms with Gasteiger partial charge in [-0.05, 0) is 41.3 Å². The van der Waals surface area contributed by atoms with Crippen molar-refractivity contribution in [1.29, 1.82) is 0 Å². The Balaban J connectivity index is 2.58. The van der Waals surface area contributed by atoms with E-state index in [0.29, 0.717) is 22.7 Å². The average Bonchev–Trinajstić information content (AvgIpc) is 2.67. The summed E-state index contributed by atoms with van der Waals surface area (Å²) in [5, 5.41) is 0. The van der Waals surface area contributed by atoms with Gasteiger partial charge in [-0.25, -0.2) is 9.37 Å². The molecule has 0 fully saturated rings. The molecule has 1 atom stereocenters. The summed E-state index contributed by atoms with van der Waals surface area (Å²) in [5.41, 5.74) is 1.66. The maximum atomic E-state index is 13.8. The van der Waals surface area contributed by atoms with Crippen molar-refractivity contribution in [2.75, 3.05) is 5.88 Å². The van der Waals surface area contributed by atoms with Crippen molar-refractivity contribution in [3.8, 4) is 0 Å². The highest BCUT2D eigenvalue weighted by Gasteiger charge is 2.18. The van der Waals surface area contributed by atoms with Crippen LogP contribution in [0.15, 0.2) is 16.6 Å². The lowest BCUT2D eigenvalue weighted by Crippen LogP contribution is -2.12. The Morgan fingerprint density at radius 2 is 2.05 bits per heavy atom. The van der Waals surface area contributed by atoms with E-state index in [1.807, 2.05) is 0 Å². The highest BCUT2D eigenvalue weighted by molar-refractivity contribution is 9.10. The molecule has 0 aliphatic carbocycles. The van der Waals surface area contributed by atoms with Gasteiger partial charge in [-0.3, -0.25) is 0 Å². The third-order valence-electron chi connectivity index (χ3n) is 3.38. The Hall–Kier alpha value is -0.610. The number of aryl methyl sites for hydroxylation is 1. The van der Waals surface area contributed by atoms with Gasteiger partial charge in [0.1, 0.15) is 11.6 Å². The van der Waals surface area contributed by atoms with Gasteiger partial charge in [-0.2, -0.15) is 0 Å². The Labute approximate surface area is 132 Å². The summed E-state index contributed by atoms with van der Waals surface area (Å²) in [6, 6.07) is 3.57. The van der Waals surface area contributed by atoms with Crippen LogP contribution in [-0.4, -0.2) is 15.4 Å². The second-order valence-electron chi connectivity index (χ2n) is 5.57. The van der Waals surface area contributed by atoms with Crippen LogP contribution in [0, 0.1) is 11.7 Å². The predicted molar refractivity (Wildman–Crippen MR) is 86.0 cm³/mol. The molecule has 0 saturated heterocycles. The van der Waals surface area contributed by atoms with Crippen LogP contribution in [0.5, 0.6) is 0 Å². The first-order chi connectivity index (χ1) is 9.43. The van der Waals surface area contributed by atoms with Crippen LogP contribution in [0.2, 0.25) is 0 Å². The SMILES string of the molecule is CC(C)CC(C)n1c(CCCl)nc2cc(Br)c(F)cc21. The van der Waals surface area contributed by atoms with Crippen molar-refractivity contribution >= 4 is 38.6 Å². The Kier molecular flexibility index (Phi) is 5.08. The number of nitrogens with zero attached hydrogens (tertiary/aromatic N) is 2. The number of rotatable bonds is 5. The normalized spacial score (nSPS) is 13.3. The Bertz CT molecular complexity index is 609. The van der Waals surface area contributed by atoms with Gasteiger partial charge in [-0.1, -0.05) is 13.8 Å². The van der Waals surface area contributed by atoms with Crippen molar-refractivity contribution in [3.63, 3.8) is 0 Å². The van der Waals surface area contributed by atoms with Crippen molar-refractivity contribution < 1.29 is 4.39 Å². The summed E-state index contributed by atoms with van der Waals surface area (Å²) < 4.78 is 16.4. The minimum Gasteiger partial charge on any atom is -0.325 e. The van der Waals surface area contributed by atoms with E-state index >= 15 is 0 Å². The summed E-state index contributed by atoms with van der Waals surface area (Å²) in [6.07, 6.45) is 1.72.